The first kappa shape index (κ1) is 26.7. The summed E-state index contributed by atoms with van der Waals surface area (Å²) in [6.07, 6.45) is -4.63. The fourth-order valence-corrected chi connectivity index (χ4v) is 3.96. The van der Waals surface area contributed by atoms with Gasteiger partial charge in [-0.2, -0.15) is 13.2 Å². The van der Waals surface area contributed by atoms with Crippen molar-refractivity contribution in [3.63, 3.8) is 0 Å². The van der Waals surface area contributed by atoms with Gasteiger partial charge in [-0.1, -0.05) is 13.8 Å². The lowest BCUT2D eigenvalue weighted by atomic mass is 10.1. The lowest BCUT2D eigenvalue weighted by Crippen LogP contribution is -2.29. The maximum atomic E-state index is 13.3. The molecular formula is C21H19Br2F3N2O5. The van der Waals surface area contributed by atoms with Crippen LogP contribution in [-0.4, -0.2) is 29.4 Å². The molecule has 0 bridgehead atoms. The van der Waals surface area contributed by atoms with Crippen LogP contribution in [0, 0.1) is 5.92 Å². The molecule has 0 radical (unpaired) electrons. The highest BCUT2D eigenvalue weighted by Gasteiger charge is 2.31. The second-order valence-electron chi connectivity index (χ2n) is 7.19. The van der Waals surface area contributed by atoms with Crippen molar-refractivity contribution in [2.75, 3.05) is 11.9 Å². The van der Waals surface area contributed by atoms with Crippen LogP contribution in [-0.2, 0) is 22.4 Å². The SMILES string of the molecule is CC(C)C(=O)Nc1cc(COc2c(Br)cc(C(=O)NCC(=O)O)cc2Br)cc(C(F)(F)F)c1. The molecule has 178 valence electrons. The lowest BCUT2D eigenvalue weighted by Gasteiger charge is -2.16. The van der Waals surface area contributed by atoms with E-state index in [4.69, 9.17) is 9.84 Å². The number of nitrogens with one attached hydrogen (secondary N) is 2. The van der Waals surface area contributed by atoms with Crippen LogP contribution >= 0.6 is 31.9 Å². The molecule has 0 fully saturated rings. The van der Waals surface area contributed by atoms with Gasteiger partial charge in [-0.25, -0.2) is 0 Å². The average molecular weight is 596 g/mol. The number of hydrogen-bond donors (Lipinski definition) is 3. The highest BCUT2D eigenvalue weighted by molar-refractivity contribution is 9.11. The molecule has 33 heavy (non-hydrogen) atoms. The van der Waals surface area contributed by atoms with Gasteiger partial charge in [0.05, 0.1) is 14.5 Å². The third kappa shape index (κ3) is 7.74. The van der Waals surface area contributed by atoms with E-state index in [1.165, 1.54) is 18.2 Å². The number of carboxylic acids is 1. The standard InChI is InChI=1S/C21H19Br2F3N2O5/c1-10(2)19(31)28-14-4-11(3-13(7-14)21(24,25)26)9-33-18-15(22)5-12(6-16(18)23)20(32)27-8-17(29)30/h3-7,10H,8-9H2,1-2H3,(H,27,32)(H,28,31)(H,29,30). The zero-order valence-electron chi connectivity index (χ0n) is 17.3. The second-order valence-corrected chi connectivity index (χ2v) is 8.90. The van der Waals surface area contributed by atoms with E-state index < -0.39 is 42.0 Å². The summed E-state index contributed by atoms with van der Waals surface area (Å²) in [4.78, 5) is 34.6. The molecule has 2 amide bonds. The molecule has 0 aliphatic carbocycles. The molecule has 0 heterocycles. The minimum Gasteiger partial charge on any atom is -0.487 e. The van der Waals surface area contributed by atoms with Crippen LogP contribution in [0.5, 0.6) is 5.75 Å². The van der Waals surface area contributed by atoms with Gasteiger partial charge in [0.25, 0.3) is 5.91 Å². The molecule has 0 saturated heterocycles. The zero-order chi connectivity index (χ0) is 24.9. The van der Waals surface area contributed by atoms with Gasteiger partial charge in [0.1, 0.15) is 18.9 Å². The number of carboxylic acid groups (broad SMARTS) is 1. The first-order valence-electron chi connectivity index (χ1n) is 9.41. The summed E-state index contributed by atoms with van der Waals surface area (Å²) >= 11 is 6.48. The Labute approximate surface area is 203 Å². The van der Waals surface area contributed by atoms with Crippen LogP contribution in [0.4, 0.5) is 18.9 Å². The van der Waals surface area contributed by atoms with Gasteiger partial charge in [-0.15, -0.1) is 0 Å². The largest absolute Gasteiger partial charge is 0.487 e. The van der Waals surface area contributed by atoms with E-state index in [0.717, 1.165) is 12.1 Å². The van der Waals surface area contributed by atoms with Gasteiger partial charge < -0.3 is 20.5 Å². The Morgan fingerprint density at radius 2 is 1.67 bits per heavy atom. The summed E-state index contributed by atoms with van der Waals surface area (Å²) in [5.41, 5.74) is -0.650. The molecule has 2 aromatic rings. The van der Waals surface area contributed by atoms with E-state index in [9.17, 15) is 27.6 Å². The van der Waals surface area contributed by atoms with Gasteiger partial charge in [0.15, 0.2) is 0 Å². The highest BCUT2D eigenvalue weighted by atomic mass is 79.9. The number of carbonyl (C=O) groups excluding carboxylic acids is 2. The summed E-state index contributed by atoms with van der Waals surface area (Å²) < 4.78 is 46.3. The third-order valence-corrected chi connectivity index (χ3v) is 5.33. The summed E-state index contributed by atoms with van der Waals surface area (Å²) in [6, 6.07) is 5.92. The molecule has 0 aliphatic rings. The number of rotatable bonds is 8. The Kier molecular flexibility index (Phi) is 8.89. The highest BCUT2D eigenvalue weighted by Crippen LogP contribution is 2.36. The second kappa shape index (κ2) is 11.0. The van der Waals surface area contributed by atoms with Gasteiger partial charge in [0.2, 0.25) is 5.91 Å². The number of benzene rings is 2. The Hall–Kier alpha value is -2.60. The van der Waals surface area contributed by atoms with Gasteiger partial charge in [0, 0.05) is 17.2 Å². The maximum absolute atomic E-state index is 13.3. The quantitative estimate of drug-likeness (QED) is 0.388. The van der Waals surface area contributed by atoms with Gasteiger partial charge >= 0.3 is 12.1 Å². The molecule has 2 rings (SSSR count). The van der Waals surface area contributed by atoms with E-state index in [1.54, 1.807) is 13.8 Å². The van der Waals surface area contributed by atoms with Crippen LogP contribution < -0.4 is 15.4 Å². The summed E-state index contributed by atoms with van der Waals surface area (Å²) in [7, 11) is 0. The van der Waals surface area contributed by atoms with Crippen molar-refractivity contribution in [2.45, 2.75) is 26.6 Å². The summed E-state index contributed by atoms with van der Waals surface area (Å²) in [6.45, 7) is 2.41. The molecule has 0 saturated carbocycles. The fraction of sp³-hybridized carbons (Fsp3) is 0.286. The van der Waals surface area contributed by atoms with Crippen molar-refractivity contribution in [3.8, 4) is 5.75 Å². The number of ether oxygens (including phenoxy) is 1. The summed E-state index contributed by atoms with van der Waals surface area (Å²) in [5.74, 6) is -2.46. The minimum atomic E-state index is -4.63. The number of aliphatic carboxylic acids is 1. The first-order chi connectivity index (χ1) is 15.3. The first-order valence-corrected chi connectivity index (χ1v) is 11.0. The van der Waals surface area contributed by atoms with Crippen molar-refractivity contribution in [3.05, 3.63) is 56.0 Å². The van der Waals surface area contributed by atoms with Crippen LogP contribution in [0.3, 0.4) is 0 Å². The molecule has 12 heteroatoms. The van der Waals surface area contributed by atoms with Gasteiger partial charge in [-0.3, -0.25) is 14.4 Å². The van der Waals surface area contributed by atoms with Crippen molar-refractivity contribution >= 4 is 55.3 Å². The number of hydrogen-bond acceptors (Lipinski definition) is 4. The molecule has 0 spiro atoms. The number of halogens is 5. The lowest BCUT2D eigenvalue weighted by molar-refractivity contribution is -0.138. The topological polar surface area (TPSA) is 105 Å². The normalized spacial score (nSPS) is 11.3. The Balaban J connectivity index is 2.26. The summed E-state index contributed by atoms with van der Waals surface area (Å²) in [5, 5.41) is 13.3. The average Bonchev–Trinajstić information content (AvgIpc) is 2.70. The monoisotopic (exact) mass is 594 g/mol. The Morgan fingerprint density at radius 3 is 2.18 bits per heavy atom. The van der Waals surface area contributed by atoms with Crippen molar-refractivity contribution < 1.29 is 37.4 Å². The smallest absolute Gasteiger partial charge is 0.416 e. The zero-order valence-corrected chi connectivity index (χ0v) is 20.5. The van der Waals surface area contributed by atoms with E-state index in [2.05, 4.69) is 42.5 Å². The Morgan fingerprint density at radius 1 is 1.06 bits per heavy atom. The van der Waals surface area contributed by atoms with Crippen molar-refractivity contribution in [1.82, 2.24) is 5.32 Å². The molecule has 0 unspecified atom stereocenters. The Bertz CT molecular complexity index is 1050. The molecular weight excluding hydrogens is 577 g/mol. The minimum absolute atomic E-state index is 0.00861. The number of anilines is 1. The number of alkyl halides is 3. The molecule has 3 N–H and O–H groups in total. The van der Waals surface area contributed by atoms with E-state index in [1.807, 2.05) is 0 Å². The van der Waals surface area contributed by atoms with E-state index in [0.29, 0.717) is 8.95 Å². The molecule has 7 nitrogen and oxygen atoms in total. The maximum Gasteiger partial charge on any atom is 0.416 e. The fourth-order valence-electron chi connectivity index (χ4n) is 2.54. The van der Waals surface area contributed by atoms with Crippen LogP contribution in [0.1, 0.15) is 35.3 Å². The van der Waals surface area contributed by atoms with Gasteiger partial charge in [-0.05, 0) is 67.8 Å². The van der Waals surface area contributed by atoms with Crippen LogP contribution in [0.2, 0.25) is 0 Å². The van der Waals surface area contributed by atoms with Crippen molar-refractivity contribution in [2.24, 2.45) is 5.92 Å². The molecule has 0 aliphatic heterocycles. The van der Waals surface area contributed by atoms with Crippen molar-refractivity contribution in [1.29, 1.82) is 0 Å². The van der Waals surface area contributed by atoms with E-state index in [-0.39, 0.29) is 29.2 Å². The molecule has 2 aromatic carbocycles. The van der Waals surface area contributed by atoms with Crippen LogP contribution in [0.15, 0.2) is 39.3 Å². The number of carbonyl (C=O) groups is 3. The predicted octanol–water partition coefficient (Wildman–Crippen LogP) is 5.22. The van der Waals surface area contributed by atoms with Crippen LogP contribution in [0.25, 0.3) is 0 Å². The molecule has 0 atom stereocenters. The third-order valence-electron chi connectivity index (χ3n) is 4.16. The molecule has 0 aromatic heterocycles. The van der Waals surface area contributed by atoms with E-state index >= 15 is 0 Å². The number of amides is 2. The predicted molar refractivity (Wildman–Crippen MR) is 121 cm³/mol.